The van der Waals surface area contributed by atoms with Gasteiger partial charge in [-0.25, -0.2) is 9.18 Å². The molecule has 0 unspecified atom stereocenters. The van der Waals surface area contributed by atoms with Gasteiger partial charge in [-0.2, -0.15) is 0 Å². The Bertz CT molecular complexity index is 896. The summed E-state index contributed by atoms with van der Waals surface area (Å²) in [6, 6.07) is 12.7. The summed E-state index contributed by atoms with van der Waals surface area (Å²) in [6.45, 7) is 3.53. The fourth-order valence-electron chi connectivity index (χ4n) is 3.12. The van der Waals surface area contributed by atoms with Crippen molar-refractivity contribution in [3.05, 3.63) is 71.0 Å². The number of halogens is 1. The molecule has 0 saturated carbocycles. The van der Waals surface area contributed by atoms with Gasteiger partial charge in [0.05, 0.1) is 0 Å². The first-order valence-electron chi connectivity index (χ1n) is 9.02. The van der Waals surface area contributed by atoms with Gasteiger partial charge in [0.2, 0.25) is 5.91 Å². The van der Waals surface area contributed by atoms with E-state index in [1.54, 1.807) is 31.2 Å². The van der Waals surface area contributed by atoms with Crippen LogP contribution in [0.25, 0.3) is 0 Å². The number of aryl methyl sites for hydroxylation is 1. The maximum absolute atomic E-state index is 12.9. The van der Waals surface area contributed by atoms with Gasteiger partial charge in [0.15, 0.2) is 0 Å². The molecule has 2 aromatic rings. The molecule has 146 valence electrons. The first kappa shape index (κ1) is 19.5. The van der Waals surface area contributed by atoms with Gasteiger partial charge in [-0.3, -0.25) is 14.5 Å². The molecular weight excluding hydrogens is 361 g/mol. The number of benzene rings is 2. The van der Waals surface area contributed by atoms with Crippen molar-refractivity contribution < 1.29 is 18.8 Å². The van der Waals surface area contributed by atoms with Gasteiger partial charge >= 0.3 is 6.03 Å². The van der Waals surface area contributed by atoms with E-state index in [2.05, 4.69) is 10.6 Å². The average Bonchev–Trinajstić information content (AvgIpc) is 2.88. The summed E-state index contributed by atoms with van der Waals surface area (Å²) in [4.78, 5) is 38.2. The van der Waals surface area contributed by atoms with Gasteiger partial charge < -0.3 is 10.6 Å². The second kappa shape index (κ2) is 7.80. The Labute approximate surface area is 162 Å². The van der Waals surface area contributed by atoms with Gasteiger partial charge in [0.25, 0.3) is 5.91 Å². The number of imide groups is 1. The predicted molar refractivity (Wildman–Crippen MR) is 102 cm³/mol. The molecular formula is C21H22FN3O3. The summed E-state index contributed by atoms with van der Waals surface area (Å²) in [6.07, 6.45) is 0.521. The van der Waals surface area contributed by atoms with Crippen molar-refractivity contribution in [3.8, 4) is 0 Å². The van der Waals surface area contributed by atoms with E-state index in [4.69, 9.17) is 0 Å². The van der Waals surface area contributed by atoms with Crippen molar-refractivity contribution in [3.63, 3.8) is 0 Å². The van der Waals surface area contributed by atoms with Gasteiger partial charge in [-0.1, -0.05) is 42.0 Å². The number of carbonyl (C=O) groups excluding carboxylic acids is 3. The molecule has 6 nitrogen and oxygen atoms in total. The zero-order chi connectivity index (χ0) is 20.3. The number of nitrogens with zero attached hydrogens (tertiary/aromatic N) is 1. The highest BCUT2D eigenvalue weighted by atomic mass is 19.1. The Balaban J connectivity index is 1.58. The van der Waals surface area contributed by atoms with E-state index in [-0.39, 0.29) is 12.4 Å². The standard InChI is InChI=1S/C21H22FN3O3/c1-14-3-7-16(8-4-14)21(2)19(27)25(20(28)24-21)13-18(26)23-12-11-15-5-9-17(22)10-6-15/h3-10H,11-13H2,1-2H3,(H,23,26)(H,24,28)/t21-/m0/s1. The normalized spacial score (nSPS) is 18.9. The molecule has 1 fully saturated rings. The Morgan fingerprint density at radius 3 is 2.39 bits per heavy atom. The summed E-state index contributed by atoms with van der Waals surface area (Å²) < 4.78 is 12.9. The molecule has 0 aliphatic carbocycles. The zero-order valence-electron chi connectivity index (χ0n) is 15.8. The number of rotatable bonds is 6. The van der Waals surface area contributed by atoms with Crippen LogP contribution in [0.5, 0.6) is 0 Å². The number of urea groups is 1. The van der Waals surface area contributed by atoms with Crippen LogP contribution in [0.3, 0.4) is 0 Å². The van der Waals surface area contributed by atoms with Crippen LogP contribution in [0.15, 0.2) is 48.5 Å². The highest BCUT2D eigenvalue weighted by Gasteiger charge is 2.49. The van der Waals surface area contributed by atoms with Crippen molar-refractivity contribution >= 4 is 17.8 Å². The number of carbonyl (C=O) groups is 3. The highest BCUT2D eigenvalue weighted by Crippen LogP contribution is 2.28. The van der Waals surface area contributed by atoms with Crippen LogP contribution in [0.4, 0.5) is 9.18 Å². The molecule has 1 aliphatic rings. The van der Waals surface area contributed by atoms with Gasteiger partial charge in [-0.05, 0) is 43.5 Å². The Morgan fingerprint density at radius 1 is 1.11 bits per heavy atom. The largest absolute Gasteiger partial charge is 0.354 e. The molecule has 1 atom stereocenters. The van der Waals surface area contributed by atoms with Crippen LogP contribution in [0.2, 0.25) is 0 Å². The molecule has 1 aliphatic heterocycles. The summed E-state index contributed by atoms with van der Waals surface area (Å²) in [5, 5.41) is 5.36. The molecule has 0 aromatic heterocycles. The summed E-state index contributed by atoms with van der Waals surface area (Å²) in [7, 11) is 0. The minimum Gasteiger partial charge on any atom is -0.354 e. The van der Waals surface area contributed by atoms with Crippen LogP contribution in [-0.4, -0.2) is 35.8 Å². The Kier molecular flexibility index (Phi) is 5.44. The van der Waals surface area contributed by atoms with Crippen molar-refractivity contribution in [2.24, 2.45) is 0 Å². The highest BCUT2D eigenvalue weighted by molar-refractivity contribution is 6.09. The van der Waals surface area contributed by atoms with E-state index in [9.17, 15) is 18.8 Å². The Hall–Kier alpha value is -3.22. The van der Waals surface area contributed by atoms with Gasteiger partial charge in [0, 0.05) is 6.54 Å². The lowest BCUT2D eigenvalue weighted by atomic mass is 9.91. The van der Waals surface area contributed by atoms with Crippen molar-refractivity contribution in [2.75, 3.05) is 13.1 Å². The van der Waals surface area contributed by atoms with Crippen LogP contribution >= 0.6 is 0 Å². The molecule has 3 rings (SSSR count). The lowest BCUT2D eigenvalue weighted by Crippen LogP contribution is -2.43. The molecule has 2 aromatic carbocycles. The number of hydrogen-bond acceptors (Lipinski definition) is 3. The third-order valence-electron chi connectivity index (χ3n) is 4.85. The van der Waals surface area contributed by atoms with E-state index in [0.717, 1.165) is 16.0 Å². The second-order valence-electron chi connectivity index (χ2n) is 7.04. The summed E-state index contributed by atoms with van der Waals surface area (Å²) >= 11 is 0. The van der Waals surface area contributed by atoms with Crippen molar-refractivity contribution in [1.82, 2.24) is 15.5 Å². The molecule has 0 radical (unpaired) electrons. The number of amides is 4. The maximum Gasteiger partial charge on any atom is 0.325 e. The van der Waals surface area contributed by atoms with E-state index >= 15 is 0 Å². The summed E-state index contributed by atoms with van der Waals surface area (Å²) in [5.41, 5.74) is 1.39. The number of nitrogens with one attached hydrogen (secondary N) is 2. The minimum absolute atomic E-state index is 0.317. The van der Waals surface area contributed by atoms with E-state index in [0.29, 0.717) is 18.5 Å². The van der Waals surface area contributed by atoms with Crippen LogP contribution in [0, 0.1) is 12.7 Å². The quantitative estimate of drug-likeness (QED) is 0.751. The fraction of sp³-hybridized carbons (Fsp3) is 0.286. The minimum atomic E-state index is -1.20. The van der Waals surface area contributed by atoms with Crippen molar-refractivity contribution in [2.45, 2.75) is 25.8 Å². The van der Waals surface area contributed by atoms with Crippen molar-refractivity contribution in [1.29, 1.82) is 0 Å². The predicted octanol–water partition coefficient (Wildman–Crippen LogP) is 2.26. The lowest BCUT2D eigenvalue weighted by molar-refractivity contribution is -0.134. The van der Waals surface area contributed by atoms with Gasteiger partial charge in [0.1, 0.15) is 17.9 Å². The molecule has 2 N–H and O–H groups in total. The van der Waals surface area contributed by atoms with Crippen LogP contribution in [0.1, 0.15) is 23.6 Å². The SMILES string of the molecule is Cc1ccc([C@]2(C)NC(=O)N(CC(=O)NCCc3ccc(F)cc3)C2=O)cc1. The van der Waals surface area contributed by atoms with E-state index in [1.165, 1.54) is 12.1 Å². The molecule has 0 spiro atoms. The Morgan fingerprint density at radius 2 is 1.75 bits per heavy atom. The molecule has 7 heteroatoms. The molecule has 1 saturated heterocycles. The molecule has 4 amide bonds. The fourth-order valence-corrected chi connectivity index (χ4v) is 3.12. The van der Waals surface area contributed by atoms with Crippen LogP contribution in [-0.2, 0) is 21.5 Å². The zero-order valence-corrected chi connectivity index (χ0v) is 15.8. The third-order valence-corrected chi connectivity index (χ3v) is 4.85. The van der Waals surface area contributed by atoms with E-state index < -0.39 is 23.4 Å². The smallest absolute Gasteiger partial charge is 0.325 e. The molecule has 0 bridgehead atoms. The first-order valence-corrected chi connectivity index (χ1v) is 9.02. The van der Waals surface area contributed by atoms with Crippen LogP contribution < -0.4 is 10.6 Å². The number of hydrogen-bond donors (Lipinski definition) is 2. The molecule has 28 heavy (non-hydrogen) atoms. The topological polar surface area (TPSA) is 78.5 Å². The molecule has 1 heterocycles. The maximum atomic E-state index is 12.9. The van der Waals surface area contributed by atoms with Gasteiger partial charge in [-0.15, -0.1) is 0 Å². The first-order chi connectivity index (χ1) is 13.3. The second-order valence-corrected chi connectivity index (χ2v) is 7.04. The average molecular weight is 383 g/mol. The lowest BCUT2D eigenvalue weighted by Gasteiger charge is -2.22. The third kappa shape index (κ3) is 4.03. The monoisotopic (exact) mass is 383 g/mol. The summed E-state index contributed by atoms with van der Waals surface area (Å²) in [5.74, 6) is -1.21. The van der Waals surface area contributed by atoms with E-state index in [1.807, 2.05) is 19.1 Å².